The van der Waals surface area contributed by atoms with Crippen molar-refractivity contribution in [3.63, 3.8) is 0 Å². The summed E-state index contributed by atoms with van der Waals surface area (Å²) in [5.74, 6) is -3.30. The summed E-state index contributed by atoms with van der Waals surface area (Å²) >= 11 is 0. The number of benzene rings is 1. The van der Waals surface area contributed by atoms with Crippen molar-refractivity contribution in [2.45, 2.75) is 63.8 Å². The Bertz CT molecular complexity index is 1270. The number of anilines is 1. The van der Waals surface area contributed by atoms with Crippen LogP contribution in [0.15, 0.2) is 30.6 Å². The van der Waals surface area contributed by atoms with E-state index in [0.717, 1.165) is 25.1 Å². The van der Waals surface area contributed by atoms with Crippen molar-refractivity contribution >= 4 is 11.9 Å². The molecule has 1 aliphatic heterocycles. The fourth-order valence-electron chi connectivity index (χ4n) is 4.86. The highest BCUT2D eigenvalue weighted by molar-refractivity contribution is 5.82. The van der Waals surface area contributed by atoms with Crippen LogP contribution in [0.5, 0.6) is 5.75 Å². The van der Waals surface area contributed by atoms with Crippen LogP contribution in [0.4, 0.5) is 23.5 Å². The van der Waals surface area contributed by atoms with Crippen LogP contribution in [-0.2, 0) is 4.79 Å². The van der Waals surface area contributed by atoms with Gasteiger partial charge < -0.3 is 15.0 Å². The lowest BCUT2D eigenvalue weighted by atomic mass is 9.79. The number of nitrogens with one attached hydrogen (secondary N) is 2. The number of rotatable bonds is 5. The summed E-state index contributed by atoms with van der Waals surface area (Å²) in [5, 5.41) is 18.0. The van der Waals surface area contributed by atoms with E-state index >= 15 is 0 Å². The van der Waals surface area contributed by atoms with Gasteiger partial charge in [0.1, 0.15) is 17.1 Å². The van der Waals surface area contributed by atoms with Gasteiger partial charge in [-0.3, -0.25) is 5.10 Å². The molecule has 1 fully saturated rings. The number of aromatic amines is 1. The van der Waals surface area contributed by atoms with Crippen molar-refractivity contribution in [1.82, 2.24) is 30.7 Å². The standard InChI is InChI=1S/C24H27F4N7O2/c1-22(2)9-14(10-23(3,4)34-22)35(5)21-29-12-17(31-33-21)15-7-6-13(19-16(25)11-30-32-19)8-18(15)37-20(36)24(26,27)28/h6-8,11-12,14,34H,9-10H2,1-5H3,(H,30,32). The zero-order valence-electron chi connectivity index (χ0n) is 20.9. The fraction of sp³-hybridized carbons (Fsp3) is 0.458. The highest BCUT2D eigenvalue weighted by Gasteiger charge is 2.42. The highest BCUT2D eigenvalue weighted by atomic mass is 19.4. The molecule has 2 aromatic heterocycles. The normalized spacial score (nSPS) is 17.4. The molecule has 0 aliphatic carbocycles. The van der Waals surface area contributed by atoms with Crippen molar-refractivity contribution < 1.29 is 27.1 Å². The van der Waals surface area contributed by atoms with Gasteiger partial charge in [-0.15, -0.1) is 10.2 Å². The molecule has 0 bridgehead atoms. The molecule has 0 radical (unpaired) electrons. The maximum atomic E-state index is 14.0. The van der Waals surface area contributed by atoms with E-state index in [-0.39, 0.29) is 39.6 Å². The maximum absolute atomic E-state index is 14.0. The number of aromatic nitrogens is 5. The minimum absolute atomic E-state index is 0.0237. The van der Waals surface area contributed by atoms with Gasteiger partial charge in [0.2, 0.25) is 5.95 Å². The van der Waals surface area contributed by atoms with Gasteiger partial charge in [-0.2, -0.15) is 18.3 Å². The van der Waals surface area contributed by atoms with Gasteiger partial charge in [-0.25, -0.2) is 14.2 Å². The maximum Gasteiger partial charge on any atom is 0.491 e. The molecular weight excluding hydrogens is 494 g/mol. The summed E-state index contributed by atoms with van der Waals surface area (Å²) in [7, 11) is 1.86. The molecule has 1 aromatic carbocycles. The number of ether oxygens (including phenoxy) is 1. The lowest BCUT2D eigenvalue weighted by molar-refractivity contribution is -0.189. The van der Waals surface area contributed by atoms with Crippen molar-refractivity contribution in [2.24, 2.45) is 0 Å². The van der Waals surface area contributed by atoms with Gasteiger partial charge >= 0.3 is 12.1 Å². The first-order valence-corrected chi connectivity index (χ1v) is 11.5. The largest absolute Gasteiger partial charge is 0.491 e. The molecule has 13 heteroatoms. The first-order chi connectivity index (χ1) is 17.2. The predicted molar refractivity (Wildman–Crippen MR) is 127 cm³/mol. The van der Waals surface area contributed by atoms with Crippen molar-refractivity contribution in [1.29, 1.82) is 0 Å². The SMILES string of the molecule is CN(c1ncc(-c2ccc(-c3n[nH]cc3F)cc2OC(=O)C(F)(F)F)nn1)C1CC(C)(C)NC(C)(C)C1. The number of H-pyrrole nitrogens is 1. The van der Waals surface area contributed by atoms with E-state index in [0.29, 0.717) is 5.95 Å². The lowest BCUT2D eigenvalue weighted by Crippen LogP contribution is -2.62. The molecule has 1 saturated heterocycles. The molecule has 1 aliphatic rings. The molecule has 0 spiro atoms. The Morgan fingerprint density at radius 3 is 2.35 bits per heavy atom. The monoisotopic (exact) mass is 521 g/mol. The molecule has 3 heterocycles. The Balaban J connectivity index is 1.65. The van der Waals surface area contributed by atoms with Crippen LogP contribution in [0.3, 0.4) is 0 Å². The number of hydrogen-bond donors (Lipinski definition) is 2. The summed E-state index contributed by atoms with van der Waals surface area (Å²) in [4.78, 5) is 17.9. The van der Waals surface area contributed by atoms with E-state index in [4.69, 9.17) is 0 Å². The number of halogens is 4. The Labute approximate surface area is 210 Å². The summed E-state index contributed by atoms with van der Waals surface area (Å²) in [6, 6.07) is 3.96. The van der Waals surface area contributed by atoms with Crippen LogP contribution < -0.4 is 15.0 Å². The van der Waals surface area contributed by atoms with E-state index in [1.807, 2.05) is 11.9 Å². The van der Waals surface area contributed by atoms with Crippen molar-refractivity contribution in [2.75, 3.05) is 11.9 Å². The third-order valence-corrected chi connectivity index (χ3v) is 6.14. The number of esters is 1. The molecule has 37 heavy (non-hydrogen) atoms. The topological polar surface area (TPSA) is 109 Å². The first-order valence-electron chi connectivity index (χ1n) is 11.5. The lowest BCUT2D eigenvalue weighted by Gasteiger charge is -2.48. The minimum atomic E-state index is -5.24. The van der Waals surface area contributed by atoms with E-state index in [9.17, 15) is 22.4 Å². The minimum Gasteiger partial charge on any atom is -0.419 e. The second-order valence-corrected chi connectivity index (χ2v) is 10.4. The molecule has 4 rings (SSSR count). The quantitative estimate of drug-likeness (QED) is 0.291. The number of carbonyl (C=O) groups excluding carboxylic acids is 1. The number of carbonyl (C=O) groups is 1. The Morgan fingerprint density at radius 1 is 1.14 bits per heavy atom. The predicted octanol–water partition coefficient (Wildman–Crippen LogP) is 4.28. The Hall–Kier alpha value is -3.61. The number of hydrogen-bond acceptors (Lipinski definition) is 8. The van der Waals surface area contributed by atoms with E-state index in [1.165, 1.54) is 18.3 Å². The third-order valence-electron chi connectivity index (χ3n) is 6.14. The number of piperidine rings is 1. The van der Waals surface area contributed by atoms with Gasteiger partial charge in [0.15, 0.2) is 5.82 Å². The highest BCUT2D eigenvalue weighted by Crippen LogP contribution is 2.36. The molecule has 2 N–H and O–H groups in total. The molecule has 3 aromatic rings. The summed E-state index contributed by atoms with van der Waals surface area (Å²) in [5.41, 5.74) is -0.176. The van der Waals surface area contributed by atoms with Gasteiger partial charge in [0.05, 0.1) is 12.4 Å². The first kappa shape index (κ1) is 26.5. The van der Waals surface area contributed by atoms with Crippen molar-refractivity contribution in [3.05, 3.63) is 36.4 Å². The molecule has 0 atom stereocenters. The van der Waals surface area contributed by atoms with Gasteiger partial charge in [-0.1, -0.05) is 6.07 Å². The third kappa shape index (κ3) is 5.87. The molecular formula is C24H27F4N7O2. The van der Waals surface area contributed by atoms with E-state index in [2.05, 4.69) is 63.1 Å². The van der Waals surface area contributed by atoms with Crippen molar-refractivity contribution in [3.8, 4) is 28.3 Å². The zero-order valence-corrected chi connectivity index (χ0v) is 20.9. The van der Waals surface area contributed by atoms with Crippen LogP contribution >= 0.6 is 0 Å². The van der Waals surface area contributed by atoms with Crippen LogP contribution in [0, 0.1) is 5.82 Å². The number of alkyl halides is 3. The second kappa shape index (κ2) is 9.36. The average Bonchev–Trinajstić information content (AvgIpc) is 3.22. The summed E-state index contributed by atoms with van der Waals surface area (Å²) < 4.78 is 57.4. The van der Waals surface area contributed by atoms with Crippen LogP contribution in [0.25, 0.3) is 22.5 Å². The smallest absolute Gasteiger partial charge is 0.419 e. The molecule has 0 saturated carbocycles. The van der Waals surface area contributed by atoms with Crippen LogP contribution in [0.1, 0.15) is 40.5 Å². The Kier molecular flexibility index (Phi) is 6.69. The second-order valence-electron chi connectivity index (χ2n) is 10.4. The van der Waals surface area contributed by atoms with E-state index in [1.54, 1.807) is 0 Å². The van der Waals surface area contributed by atoms with Crippen LogP contribution in [-0.4, -0.2) is 61.7 Å². The van der Waals surface area contributed by atoms with Crippen LogP contribution in [0.2, 0.25) is 0 Å². The molecule has 0 amide bonds. The summed E-state index contributed by atoms with van der Waals surface area (Å²) in [6.07, 6.45) is -1.25. The molecule has 0 unspecified atom stereocenters. The fourth-order valence-corrected chi connectivity index (χ4v) is 4.86. The molecule has 9 nitrogen and oxygen atoms in total. The summed E-state index contributed by atoms with van der Waals surface area (Å²) in [6.45, 7) is 8.50. The van der Waals surface area contributed by atoms with Gasteiger partial charge in [0, 0.05) is 35.3 Å². The van der Waals surface area contributed by atoms with Gasteiger partial charge in [-0.05, 0) is 52.7 Å². The molecule has 198 valence electrons. The Morgan fingerprint density at radius 2 is 1.81 bits per heavy atom. The zero-order chi connectivity index (χ0) is 27.2. The van der Waals surface area contributed by atoms with E-state index < -0.39 is 23.7 Å². The number of nitrogens with zero attached hydrogens (tertiary/aromatic N) is 5. The van der Waals surface area contributed by atoms with Gasteiger partial charge in [0.25, 0.3) is 0 Å². The average molecular weight is 522 g/mol.